The molecule has 0 saturated heterocycles. The van der Waals surface area contributed by atoms with Crippen molar-refractivity contribution in [3.8, 4) is 28.7 Å². The fraction of sp³-hybridized carbons (Fsp3) is 0.0667. The van der Waals surface area contributed by atoms with Gasteiger partial charge in [0, 0.05) is 11.6 Å². The topological polar surface area (TPSA) is 91.3 Å². The standard InChI is InChI=1S/C15H11N3O4/c1-21-11-7-8-13(18(19)20)12(9-11)15-17-16-14(22-15)10-5-3-2-4-6-10/h2-9H,1H3. The first kappa shape index (κ1) is 13.7. The van der Waals surface area contributed by atoms with Crippen molar-refractivity contribution < 1.29 is 14.1 Å². The molecular weight excluding hydrogens is 286 g/mol. The molecule has 0 atom stereocenters. The van der Waals surface area contributed by atoms with Crippen molar-refractivity contribution in [1.82, 2.24) is 10.2 Å². The van der Waals surface area contributed by atoms with Gasteiger partial charge in [-0.2, -0.15) is 0 Å². The predicted molar refractivity (Wildman–Crippen MR) is 78.4 cm³/mol. The van der Waals surface area contributed by atoms with Gasteiger partial charge in [0.1, 0.15) is 11.3 Å². The minimum absolute atomic E-state index is 0.0736. The monoisotopic (exact) mass is 297 g/mol. The Bertz CT molecular complexity index is 815. The average Bonchev–Trinajstić information content (AvgIpc) is 3.05. The molecule has 2 aromatic carbocycles. The maximum atomic E-state index is 11.1. The summed E-state index contributed by atoms with van der Waals surface area (Å²) in [5, 5.41) is 19.0. The van der Waals surface area contributed by atoms with Gasteiger partial charge in [0.05, 0.1) is 12.0 Å². The van der Waals surface area contributed by atoms with E-state index in [-0.39, 0.29) is 17.1 Å². The Morgan fingerprint density at radius 3 is 2.50 bits per heavy atom. The zero-order valence-corrected chi connectivity index (χ0v) is 11.6. The summed E-state index contributed by atoms with van der Waals surface area (Å²) in [5.74, 6) is 0.845. The third-order valence-electron chi connectivity index (χ3n) is 3.08. The highest BCUT2D eigenvalue weighted by molar-refractivity contribution is 5.69. The van der Waals surface area contributed by atoms with Gasteiger partial charge in [0.15, 0.2) is 0 Å². The highest BCUT2D eigenvalue weighted by Gasteiger charge is 2.21. The van der Waals surface area contributed by atoms with Crippen LogP contribution in [-0.4, -0.2) is 22.2 Å². The van der Waals surface area contributed by atoms with Crippen LogP contribution >= 0.6 is 0 Å². The van der Waals surface area contributed by atoms with E-state index in [0.717, 1.165) is 5.56 Å². The van der Waals surface area contributed by atoms with Crippen molar-refractivity contribution in [3.63, 3.8) is 0 Å². The second kappa shape index (κ2) is 5.65. The van der Waals surface area contributed by atoms with E-state index in [1.165, 1.54) is 25.3 Å². The molecule has 1 heterocycles. The van der Waals surface area contributed by atoms with Crippen LogP contribution in [0.25, 0.3) is 22.9 Å². The van der Waals surface area contributed by atoms with E-state index in [0.29, 0.717) is 11.6 Å². The lowest BCUT2D eigenvalue weighted by atomic mass is 10.1. The number of methoxy groups -OCH3 is 1. The second-order valence-corrected chi connectivity index (χ2v) is 4.42. The molecule has 0 fully saturated rings. The lowest BCUT2D eigenvalue weighted by molar-refractivity contribution is -0.384. The van der Waals surface area contributed by atoms with Crippen molar-refractivity contribution in [2.24, 2.45) is 0 Å². The van der Waals surface area contributed by atoms with Gasteiger partial charge in [-0.25, -0.2) is 0 Å². The van der Waals surface area contributed by atoms with Crippen LogP contribution in [0.1, 0.15) is 0 Å². The molecule has 3 rings (SSSR count). The third-order valence-corrected chi connectivity index (χ3v) is 3.08. The molecule has 0 amide bonds. The van der Waals surface area contributed by atoms with Crippen LogP contribution in [0.5, 0.6) is 5.75 Å². The minimum Gasteiger partial charge on any atom is -0.497 e. The van der Waals surface area contributed by atoms with E-state index in [2.05, 4.69) is 10.2 Å². The van der Waals surface area contributed by atoms with Gasteiger partial charge in [0.25, 0.3) is 11.6 Å². The zero-order valence-electron chi connectivity index (χ0n) is 11.6. The van der Waals surface area contributed by atoms with Gasteiger partial charge < -0.3 is 9.15 Å². The Morgan fingerprint density at radius 1 is 1.09 bits per heavy atom. The summed E-state index contributed by atoms with van der Waals surface area (Å²) in [6.45, 7) is 0. The molecule has 22 heavy (non-hydrogen) atoms. The van der Waals surface area contributed by atoms with Crippen molar-refractivity contribution in [2.75, 3.05) is 7.11 Å². The van der Waals surface area contributed by atoms with E-state index in [4.69, 9.17) is 9.15 Å². The summed E-state index contributed by atoms with van der Waals surface area (Å²) in [4.78, 5) is 10.6. The number of benzene rings is 2. The molecule has 0 radical (unpaired) electrons. The summed E-state index contributed by atoms with van der Waals surface area (Å²) in [5.41, 5.74) is 0.842. The fourth-order valence-electron chi connectivity index (χ4n) is 2.00. The van der Waals surface area contributed by atoms with Crippen LogP contribution in [-0.2, 0) is 0 Å². The smallest absolute Gasteiger partial charge is 0.282 e. The number of nitrogens with zero attached hydrogens (tertiary/aromatic N) is 3. The molecule has 3 aromatic rings. The number of ether oxygens (including phenoxy) is 1. The molecule has 0 N–H and O–H groups in total. The summed E-state index contributed by atoms with van der Waals surface area (Å²) < 4.78 is 10.7. The van der Waals surface area contributed by atoms with Gasteiger partial charge in [-0.15, -0.1) is 10.2 Å². The summed E-state index contributed by atoms with van der Waals surface area (Å²) in [6, 6.07) is 13.5. The first-order chi connectivity index (χ1) is 10.7. The first-order valence-electron chi connectivity index (χ1n) is 6.41. The first-order valence-corrected chi connectivity index (χ1v) is 6.41. The van der Waals surface area contributed by atoms with Gasteiger partial charge in [0.2, 0.25) is 5.89 Å². The van der Waals surface area contributed by atoms with Crippen molar-refractivity contribution in [3.05, 3.63) is 58.6 Å². The largest absolute Gasteiger partial charge is 0.497 e. The lowest BCUT2D eigenvalue weighted by Crippen LogP contribution is -1.93. The number of hydrogen-bond donors (Lipinski definition) is 0. The molecular formula is C15H11N3O4. The van der Waals surface area contributed by atoms with Crippen LogP contribution in [0.2, 0.25) is 0 Å². The highest BCUT2D eigenvalue weighted by Crippen LogP contribution is 2.33. The van der Waals surface area contributed by atoms with Crippen LogP contribution < -0.4 is 4.74 Å². The second-order valence-electron chi connectivity index (χ2n) is 4.42. The lowest BCUT2D eigenvalue weighted by Gasteiger charge is -2.02. The Hall–Kier alpha value is -3.22. The van der Waals surface area contributed by atoms with E-state index in [1.807, 2.05) is 30.3 Å². The van der Waals surface area contributed by atoms with Crippen molar-refractivity contribution in [1.29, 1.82) is 0 Å². The number of aromatic nitrogens is 2. The van der Waals surface area contributed by atoms with Crippen molar-refractivity contribution in [2.45, 2.75) is 0 Å². The van der Waals surface area contributed by atoms with Crippen LogP contribution in [0.3, 0.4) is 0 Å². The minimum atomic E-state index is -0.499. The number of hydrogen-bond acceptors (Lipinski definition) is 6. The SMILES string of the molecule is COc1ccc([N+](=O)[O-])c(-c2nnc(-c3ccccc3)o2)c1. The number of nitro benzene ring substituents is 1. The van der Waals surface area contributed by atoms with Crippen LogP contribution in [0.4, 0.5) is 5.69 Å². The molecule has 7 heteroatoms. The Labute approximate surface area is 125 Å². The summed E-state index contributed by atoms with van der Waals surface area (Å²) >= 11 is 0. The molecule has 0 aliphatic rings. The molecule has 1 aromatic heterocycles. The van der Waals surface area contributed by atoms with E-state index >= 15 is 0 Å². The molecule has 0 aliphatic carbocycles. The molecule has 0 unspecified atom stereocenters. The normalized spacial score (nSPS) is 10.4. The number of rotatable bonds is 4. The molecule has 7 nitrogen and oxygen atoms in total. The average molecular weight is 297 g/mol. The Kier molecular flexibility index (Phi) is 3.53. The molecule has 110 valence electrons. The van der Waals surface area contributed by atoms with E-state index < -0.39 is 4.92 Å². The maximum absolute atomic E-state index is 11.1. The van der Waals surface area contributed by atoms with Crippen LogP contribution in [0.15, 0.2) is 52.9 Å². The van der Waals surface area contributed by atoms with E-state index in [1.54, 1.807) is 0 Å². The quantitative estimate of drug-likeness (QED) is 0.542. The molecule has 0 spiro atoms. The summed E-state index contributed by atoms with van der Waals surface area (Å²) in [6.07, 6.45) is 0. The zero-order chi connectivity index (χ0) is 15.5. The van der Waals surface area contributed by atoms with Gasteiger partial charge in [-0.3, -0.25) is 10.1 Å². The van der Waals surface area contributed by atoms with Gasteiger partial charge in [-0.1, -0.05) is 18.2 Å². The Morgan fingerprint density at radius 2 is 1.82 bits per heavy atom. The molecule has 0 aliphatic heterocycles. The predicted octanol–water partition coefficient (Wildman–Crippen LogP) is 3.32. The van der Waals surface area contributed by atoms with Gasteiger partial charge in [-0.05, 0) is 24.3 Å². The van der Waals surface area contributed by atoms with Gasteiger partial charge >= 0.3 is 0 Å². The molecule has 0 bridgehead atoms. The van der Waals surface area contributed by atoms with Crippen LogP contribution in [0, 0.1) is 10.1 Å². The van der Waals surface area contributed by atoms with Crippen molar-refractivity contribution >= 4 is 5.69 Å². The Balaban J connectivity index is 2.08. The highest BCUT2D eigenvalue weighted by atomic mass is 16.6. The molecule has 0 saturated carbocycles. The maximum Gasteiger partial charge on any atom is 0.282 e. The number of nitro groups is 1. The van der Waals surface area contributed by atoms with E-state index in [9.17, 15) is 10.1 Å². The third kappa shape index (κ3) is 2.51. The summed E-state index contributed by atoms with van der Waals surface area (Å²) in [7, 11) is 1.48. The fourth-order valence-corrected chi connectivity index (χ4v) is 2.00.